The third-order valence-corrected chi connectivity index (χ3v) is 1.63. The first kappa shape index (κ1) is 6.64. The second kappa shape index (κ2) is 2.89. The average Bonchev–Trinajstić information content (AvgIpc) is 2.66. The fraction of sp³-hybridized carbons (Fsp3) is 0.571. The minimum absolute atomic E-state index is 0.368. The molecule has 0 radical (unpaired) electrons. The van der Waals surface area contributed by atoms with E-state index in [1.807, 2.05) is 6.08 Å². The van der Waals surface area contributed by atoms with Gasteiger partial charge in [0.1, 0.15) is 0 Å². The van der Waals surface area contributed by atoms with E-state index < -0.39 is 0 Å². The molecule has 0 spiro atoms. The van der Waals surface area contributed by atoms with E-state index in [1.165, 1.54) is 12.8 Å². The molecule has 1 aliphatic carbocycles. The zero-order valence-corrected chi connectivity index (χ0v) is 5.86. The Bertz CT molecular complexity index is 162. The molecule has 0 saturated heterocycles. The zero-order valence-electron chi connectivity index (χ0n) is 5.10. The van der Waals surface area contributed by atoms with Crippen molar-refractivity contribution in [1.29, 1.82) is 5.26 Å². The standard InChI is InChI=1S/C7H8ClN/c8-4-7(5-9)3-6-1-2-6/h3,6H,1-2,4H2/b7-3-. The van der Waals surface area contributed by atoms with Crippen molar-refractivity contribution >= 4 is 11.6 Å². The highest BCUT2D eigenvalue weighted by Gasteiger charge is 2.18. The Kier molecular flexibility index (Phi) is 2.13. The Hall–Kier alpha value is -0.480. The van der Waals surface area contributed by atoms with Crippen LogP contribution in [0, 0.1) is 17.2 Å². The quantitative estimate of drug-likeness (QED) is 0.427. The van der Waals surface area contributed by atoms with Crippen LogP contribution in [0.5, 0.6) is 0 Å². The molecule has 2 heteroatoms. The summed E-state index contributed by atoms with van der Waals surface area (Å²) in [7, 11) is 0. The molecule has 0 aromatic heterocycles. The maximum absolute atomic E-state index is 8.40. The summed E-state index contributed by atoms with van der Waals surface area (Å²) < 4.78 is 0. The molecule has 0 aromatic rings. The third-order valence-electron chi connectivity index (χ3n) is 1.35. The van der Waals surface area contributed by atoms with Gasteiger partial charge in [-0.2, -0.15) is 5.26 Å². The number of hydrogen-bond acceptors (Lipinski definition) is 1. The van der Waals surface area contributed by atoms with Gasteiger partial charge >= 0.3 is 0 Å². The molecule has 0 amide bonds. The van der Waals surface area contributed by atoms with Crippen LogP contribution < -0.4 is 0 Å². The fourth-order valence-electron chi connectivity index (χ4n) is 0.659. The van der Waals surface area contributed by atoms with Crippen LogP contribution >= 0.6 is 11.6 Å². The van der Waals surface area contributed by atoms with Crippen LogP contribution in [0.15, 0.2) is 11.6 Å². The highest BCUT2D eigenvalue weighted by Crippen LogP contribution is 2.31. The lowest BCUT2D eigenvalue weighted by Crippen LogP contribution is -1.79. The van der Waals surface area contributed by atoms with Crippen LogP contribution in [0.2, 0.25) is 0 Å². The van der Waals surface area contributed by atoms with Gasteiger partial charge < -0.3 is 0 Å². The molecule has 0 N–H and O–H groups in total. The normalized spacial score (nSPS) is 19.3. The van der Waals surface area contributed by atoms with E-state index in [1.54, 1.807) is 0 Å². The van der Waals surface area contributed by atoms with Crippen molar-refractivity contribution in [3.63, 3.8) is 0 Å². The molecule has 0 bridgehead atoms. The molecule has 0 aromatic carbocycles. The molecule has 1 rings (SSSR count). The third kappa shape index (κ3) is 2.07. The Morgan fingerprint density at radius 1 is 1.78 bits per heavy atom. The summed E-state index contributed by atoms with van der Waals surface area (Å²) in [5.41, 5.74) is 0.721. The number of nitriles is 1. The summed E-state index contributed by atoms with van der Waals surface area (Å²) in [6.45, 7) is 0. The molecular weight excluding hydrogens is 134 g/mol. The van der Waals surface area contributed by atoms with Crippen LogP contribution in [0.3, 0.4) is 0 Å². The lowest BCUT2D eigenvalue weighted by Gasteiger charge is -1.85. The second-order valence-corrected chi connectivity index (χ2v) is 2.54. The molecule has 1 nitrogen and oxygen atoms in total. The first-order chi connectivity index (χ1) is 4.36. The summed E-state index contributed by atoms with van der Waals surface area (Å²) in [6, 6.07) is 2.05. The molecule has 48 valence electrons. The molecule has 1 saturated carbocycles. The Morgan fingerprint density at radius 3 is 2.78 bits per heavy atom. The van der Waals surface area contributed by atoms with E-state index in [2.05, 4.69) is 6.07 Å². The predicted octanol–water partition coefficient (Wildman–Crippen LogP) is 2.09. The maximum Gasteiger partial charge on any atom is 0.0956 e. The van der Waals surface area contributed by atoms with Crippen molar-refractivity contribution in [3.8, 4) is 6.07 Å². The molecule has 0 unspecified atom stereocenters. The Labute approximate surface area is 59.9 Å². The van der Waals surface area contributed by atoms with Crippen LogP contribution in [0.25, 0.3) is 0 Å². The monoisotopic (exact) mass is 141 g/mol. The van der Waals surface area contributed by atoms with Gasteiger partial charge in [0.2, 0.25) is 0 Å². The smallest absolute Gasteiger partial charge is 0.0956 e. The molecule has 0 atom stereocenters. The van der Waals surface area contributed by atoms with Gasteiger partial charge in [0.25, 0.3) is 0 Å². The van der Waals surface area contributed by atoms with Gasteiger partial charge in [0, 0.05) is 5.57 Å². The topological polar surface area (TPSA) is 23.8 Å². The van der Waals surface area contributed by atoms with Crippen molar-refractivity contribution in [3.05, 3.63) is 11.6 Å². The summed E-state index contributed by atoms with van der Waals surface area (Å²) in [5, 5.41) is 8.40. The van der Waals surface area contributed by atoms with Gasteiger partial charge in [-0.3, -0.25) is 0 Å². The number of alkyl halides is 1. The molecule has 0 heterocycles. The highest BCUT2D eigenvalue weighted by molar-refractivity contribution is 6.19. The van der Waals surface area contributed by atoms with Crippen molar-refractivity contribution in [1.82, 2.24) is 0 Å². The summed E-state index contributed by atoms with van der Waals surface area (Å²) in [5.74, 6) is 1.03. The first-order valence-corrected chi connectivity index (χ1v) is 3.57. The van der Waals surface area contributed by atoms with Crippen molar-refractivity contribution in [2.45, 2.75) is 12.8 Å². The van der Waals surface area contributed by atoms with Gasteiger partial charge in [-0.1, -0.05) is 6.08 Å². The van der Waals surface area contributed by atoms with E-state index in [9.17, 15) is 0 Å². The van der Waals surface area contributed by atoms with Gasteiger partial charge in [-0.05, 0) is 18.8 Å². The van der Waals surface area contributed by atoms with E-state index >= 15 is 0 Å². The molecule has 0 aliphatic heterocycles. The molecule has 1 aliphatic rings. The Balaban J connectivity index is 2.44. The van der Waals surface area contributed by atoms with Gasteiger partial charge in [-0.25, -0.2) is 0 Å². The lowest BCUT2D eigenvalue weighted by atomic mass is 10.2. The largest absolute Gasteiger partial charge is 0.193 e. The van der Waals surface area contributed by atoms with Crippen molar-refractivity contribution in [2.24, 2.45) is 5.92 Å². The second-order valence-electron chi connectivity index (χ2n) is 2.27. The number of halogens is 1. The number of nitrogens with zero attached hydrogens (tertiary/aromatic N) is 1. The minimum atomic E-state index is 0.368. The van der Waals surface area contributed by atoms with Gasteiger partial charge in [0.15, 0.2) is 0 Å². The average molecular weight is 142 g/mol. The summed E-state index contributed by atoms with van der Waals surface area (Å²) >= 11 is 5.45. The maximum atomic E-state index is 8.40. The van der Waals surface area contributed by atoms with Gasteiger partial charge in [0.05, 0.1) is 11.9 Å². The number of rotatable bonds is 2. The summed E-state index contributed by atoms with van der Waals surface area (Å²) in [4.78, 5) is 0. The van der Waals surface area contributed by atoms with Crippen LogP contribution in [0.1, 0.15) is 12.8 Å². The van der Waals surface area contributed by atoms with Crippen molar-refractivity contribution < 1.29 is 0 Å². The molecule has 9 heavy (non-hydrogen) atoms. The number of hydrogen-bond donors (Lipinski definition) is 0. The summed E-state index contributed by atoms with van der Waals surface area (Å²) in [6.07, 6.45) is 4.46. The van der Waals surface area contributed by atoms with E-state index in [0.29, 0.717) is 11.8 Å². The van der Waals surface area contributed by atoms with Crippen molar-refractivity contribution in [2.75, 3.05) is 5.88 Å². The Morgan fingerprint density at radius 2 is 2.44 bits per heavy atom. The number of allylic oxidation sites excluding steroid dienone is 2. The zero-order chi connectivity index (χ0) is 6.69. The predicted molar refractivity (Wildman–Crippen MR) is 37.1 cm³/mol. The van der Waals surface area contributed by atoms with Crippen LogP contribution in [-0.2, 0) is 0 Å². The van der Waals surface area contributed by atoms with E-state index in [-0.39, 0.29) is 0 Å². The van der Waals surface area contributed by atoms with E-state index in [0.717, 1.165) is 5.57 Å². The van der Waals surface area contributed by atoms with Crippen LogP contribution in [0.4, 0.5) is 0 Å². The minimum Gasteiger partial charge on any atom is -0.193 e. The molecule has 1 fully saturated rings. The highest BCUT2D eigenvalue weighted by atomic mass is 35.5. The SMILES string of the molecule is N#C/C(=C\C1CC1)CCl. The first-order valence-electron chi connectivity index (χ1n) is 3.03. The van der Waals surface area contributed by atoms with Gasteiger partial charge in [-0.15, -0.1) is 11.6 Å². The lowest BCUT2D eigenvalue weighted by molar-refractivity contribution is 1.10. The molecular formula is C7H8ClN. The van der Waals surface area contributed by atoms with Crippen LogP contribution in [-0.4, -0.2) is 5.88 Å². The fourth-order valence-corrected chi connectivity index (χ4v) is 0.808. The van der Waals surface area contributed by atoms with E-state index in [4.69, 9.17) is 16.9 Å².